The van der Waals surface area contributed by atoms with Crippen molar-refractivity contribution in [1.82, 2.24) is 19.7 Å². The van der Waals surface area contributed by atoms with E-state index >= 15 is 0 Å². The maximum absolute atomic E-state index is 12.4. The lowest BCUT2D eigenvalue weighted by atomic mass is 10.1. The molecule has 1 atom stereocenters. The van der Waals surface area contributed by atoms with E-state index in [2.05, 4.69) is 10.1 Å². The molecule has 0 aliphatic heterocycles. The van der Waals surface area contributed by atoms with Crippen molar-refractivity contribution in [3.63, 3.8) is 0 Å². The number of benzene rings is 1. The highest BCUT2D eigenvalue weighted by Gasteiger charge is 2.24. The molecule has 1 amide bonds. The van der Waals surface area contributed by atoms with Gasteiger partial charge < -0.3 is 9.32 Å². The first-order valence-electron chi connectivity index (χ1n) is 7.43. The van der Waals surface area contributed by atoms with Crippen molar-refractivity contribution in [2.75, 3.05) is 7.05 Å². The number of hydrogen-bond acceptors (Lipinski definition) is 6. The van der Waals surface area contributed by atoms with E-state index in [1.165, 1.54) is 23.4 Å². The number of nitro groups is 1. The molecule has 128 valence electrons. The molecular formula is C16H15N5O4. The summed E-state index contributed by atoms with van der Waals surface area (Å²) in [6, 6.07) is 9.73. The number of furan rings is 1. The largest absolute Gasteiger partial charge is 0.433 e. The minimum atomic E-state index is -0.678. The summed E-state index contributed by atoms with van der Waals surface area (Å²) in [6.07, 6.45) is 3.05. The maximum atomic E-state index is 12.4. The first kappa shape index (κ1) is 16.4. The van der Waals surface area contributed by atoms with Crippen LogP contribution in [0.5, 0.6) is 0 Å². The van der Waals surface area contributed by atoms with Crippen molar-refractivity contribution in [2.24, 2.45) is 0 Å². The monoisotopic (exact) mass is 341 g/mol. The first-order valence-corrected chi connectivity index (χ1v) is 7.43. The maximum Gasteiger partial charge on any atom is 0.433 e. The lowest BCUT2D eigenvalue weighted by Crippen LogP contribution is -2.29. The Kier molecular flexibility index (Phi) is 4.29. The minimum absolute atomic E-state index is 0.0692. The SMILES string of the molecule is CC(c1ccc(-n2cncn2)cc1)N(C)C(=O)c1ccc([N+](=O)[O-])o1. The molecule has 1 aromatic carbocycles. The van der Waals surface area contributed by atoms with Crippen LogP contribution in [0.3, 0.4) is 0 Å². The van der Waals surface area contributed by atoms with Gasteiger partial charge in [-0.25, -0.2) is 9.67 Å². The van der Waals surface area contributed by atoms with E-state index in [4.69, 9.17) is 4.42 Å². The molecule has 0 radical (unpaired) electrons. The van der Waals surface area contributed by atoms with Gasteiger partial charge in [-0.15, -0.1) is 0 Å². The van der Waals surface area contributed by atoms with Crippen LogP contribution < -0.4 is 0 Å². The van der Waals surface area contributed by atoms with E-state index in [1.54, 1.807) is 18.1 Å². The molecule has 0 saturated carbocycles. The van der Waals surface area contributed by atoms with Crippen LogP contribution in [-0.4, -0.2) is 37.5 Å². The van der Waals surface area contributed by atoms with Gasteiger partial charge in [-0.05, 0) is 30.7 Å². The van der Waals surface area contributed by atoms with E-state index in [1.807, 2.05) is 31.2 Å². The molecule has 25 heavy (non-hydrogen) atoms. The molecule has 3 aromatic rings. The van der Waals surface area contributed by atoms with Crippen LogP contribution in [0.1, 0.15) is 29.1 Å². The average molecular weight is 341 g/mol. The van der Waals surface area contributed by atoms with Gasteiger partial charge >= 0.3 is 5.88 Å². The third-order valence-electron chi connectivity index (χ3n) is 3.94. The predicted octanol–water partition coefficient (Wildman–Crippen LogP) is 2.60. The van der Waals surface area contributed by atoms with Gasteiger partial charge in [0.05, 0.1) is 17.8 Å². The van der Waals surface area contributed by atoms with Gasteiger partial charge in [0.25, 0.3) is 5.91 Å². The molecule has 9 nitrogen and oxygen atoms in total. The number of amides is 1. The Balaban J connectivity index is 1.75. The van der Waals surface area contributed by atoms with E-state index in [-0.39, 0.29) is 11.8 Å². The van der Waals surface area contributed by atoms with E-state index in [0.29, 0.717) is 0 Å². The minimum Gasteiger partial charge on any atom is -0.395 e. The molecule has 0 saturated heterocycles. The molecule has 0 spiro atoms. The average Bonchev–Trinajstić information content (AvgIpc) is 3.31. The zero-order valence-corrected chi connectivity index (χ0v) is 13.6. The highest BCUT2D eigenvalue weighted by atomic mass is 16.6. The normalized spacial score (nSPS) is 11.9. The smallest absolute Gasteiger partial charge is 0.395 e. The summed E-state index contributed by atoms with van der Waals surface area (Å²) in [7, 11) is 1.62. The van der Waals surface area contributed by atoms with Crippen LogP contribution in [0, 0.1) is 10.1 Å². The van der Waals surface area contributed by atoms with Crippen LogP contribution in [0.15, 0.2) is 53.5 Å². The van der Waals surface area contributed by atoms with Crippen LogP contribution >= 0.6 is 0 Å². The Morgan fingerprint density at radius 2 is 2.00 bits per heavy atom. The summed E-state index contributed by atoms with van der Waals surface area (Å²) in [5.41, 5.74) is 1.75. The zero-order valence-electron chi connectivity index (χ0n) is 13.6. The molecule has 1 unspecified atom stereocenters. The van der Waals surface area contributed by atoms with Crippen LogP contribution in [-0.2, 0) is 0 Å². The van der Waals surface area contributed by atoms with E-state index < -0.39 is 16.7 Å². The molecule has 0 N–H and O–H groups in total. The van der Waals surface area contributed by atoms with E-state index in [0.717, 1.165) is 11.3 Å². The van der Waals surface area contributed by atoms with E-state index in [9.17, 15) is 14.9 Å². The molecular weight excluding hydrogens is 326 g/mol. The van der Waals surface area contributed by atoms with Crippen molar-refractivity contribution in [3.05, 3.63) is 70.5 Å². The quantitative estimate of drug-likeness (QED) is 0.521. The molecule has 0 bridgehead atoms. The summed E-state index contributed by atoms with van der Waals surface area (Å²) in [6.45, 7) is 1.86. The lowest BCUT2D eigenvalue weighted by Gasteiger charge is -2.24. The lowest BCUT2D eigenvalue weighted by molar-refractivity contribution is -0.402. The molecule has 0 aliphatic carbocycles. The third-order valence-corrected chi connectivity index (χ3v) is 3.94. The van der Waals surface area contributed by atoms with Gasteiger partial charge in [0.15, 0.2) is 5.76 Å². The number of carbonyl (C=O) groups excluding carboxylic acids is 1. The first-order chi connectivity index (χ1) is 12.0. The Morgan fingerprint density at radius 3 is 2.56 bits per heavy atom. The second-order valence-electron chi connectivity index (χ2n) is 5.42. The summed E-state index contributed by atoms with van der Waals surface area (Å²) in [4.78, 5) is 27.8. The van der Waals surface area contributed by atoms with Crippen molar-refractivity contribution < 1.29 is 14.1 Å². The van der Waals surface area contributed by atoms with Gasteiger partial charge in [0.2, 0.25) is 0 Å². The molecule has 0 fully saturated rings. The second-order valence-corrected chi connectivity index (χ2v) is 5.42. The van der Waals surface area contributed by atoms with Crippen molar-refractivity contribution >= 4 is 11.8 Å². The zero-order chi connectivity index (χ0) is 18.0. The Bertz CT molecular complexity index is 886. The standard InChI is InChI=1S/C16H15N5O4/c1-11(12-3-5-13(6-4-12)20-10-17-9-18-20)19(2)16(22)14-7-8-15(25-14)21(23)24/h3-11H,1-2H3. The Hall–Kier alpha value is -3.49. The number of aromatic nitrogens is 3. The summed E-state index contributed by atoms with van der Waals surface area (Å²) < 4.78 is 6.60. The number of carbonyl (C=O) groups is 1. The molecule has 2 heterocycles. The molecule has 0 aliphatic rings. The van der Waals surface area contributed by atoms with Crippen molar-refractivity contribution in [1.29, 1.82) is 0 Å². The topological polar surface area (TPSA) is 107 Å². The van der Waals surface area contributed by atoms with Crippen molar-refractivity contribution in [3.8, 4) is 5.69 Å². The fourth-order valence-electron chi connectivity index (χ4n) is 2.36. The molecule has 3 rings (SSSR count). The van der Waals surface area contributed by atoms with Gasteiger partial charge in [0.1, 0.15) is 17.6 Å². The summed E-state index contributed by atoms with van der Waals surface area (Å²) in [5.74, 6) is -0.956. The fraction of sp³-hybridized carbons (Fsp3) is 0.188. The van der Waals surface area contributed by atoms with Crippen molar-refractivity contribution in [2.45, 2.75) is 13.0 Å². The molecule has 9 heteroatoms. The van der Waals surface area contributed by atoms with Gasteiger partial charge in [0, 0.05) is 7.05 Å². The number of hydrogen-bond donors (Lipinski definition) is 0. The van der Waals surface area contributed by atoms with Gasteiger partial charge in [-0.2, -0.15) is 5.10 Å². The van der Waals surface area contributed by atoms with Crippen LogP contribution in [0.4, 0.5) is 5.88 Å². The van der Waals surface area contributed by atoms with Crippen LogP contribution in [0.25, 0.3) is 5.69 Å². The summed E-state index contributed by atoms with van der Waals surface area (Å²) in [5, 5.41) is 14.7. The highest BCUT2D eigenvalue weighted by molar-refractivity contribution is 5.91. The third kappa shape index (κ3) is 3.25. The number of nitrogens with zero attached hydrogens (tertiary/aromatic N) is 5. The highest BCUT2D eigenvalue weighted by Crippen LogP contribution is 2.24. The Labute approximate surface area is 142 Å². The second kappa shape index (κ2) is 6.56. The predicted molar refractivity (Wildman–Crippen MR) is 87.2 cm³/mol. The fourth-order valence-corrected chi connectivity index (χ4v) is 2.36. The van der Waals surface area contributed by atoms with Gasteiger partial charge in [-0.1, -0.05) is 12.1 Å². The molecule has 2 aromatic heterocycles. The Morgan fingerprint density at radius 1 is 1.28 bits per heavy atom. The summed E-state index contributed by atoms with van der Waals surface area (Å²) >= 11 is 0. The number of rotatable bonds is 5. The van der Waals surface area contributed by atoms with Gasteiger partial charge in [-0.3, -0.25) is 14.9 Å². The van der Waals surface area contributed by atoms with Crippen LogP contribution in [0.2, 0.25) is 0 Å².